The maximum atomic E-state index is 12.6. The standard InChI is InChI=1S/C18H16N6O3/c1-22-16-15(17(26)23(2)18(22)27)24(10-20-16)9-14(25)21-13-5-3-4-11-8-19-7-6-12(11)13/h3-8,10H,9H2,1-2H3,(H,21,25). The highest BCUT2D eigenvalue weighted by molar-refractivity contribution is 6.01. The van der Waals surface area contributed by atoms with Gasteiger partial charge >= 0.3 is 5.69 Å². The Balaban J connectivity index is 1.70. The van der Waals surface area contributed by atoms with Crippen molar-refractivity contribution in [1.29, 1.82) is 0 Å². The van der Waals surface area contributed by atoms with E-state index < -0.39 is 11.2 Å². The van der Waals surface area contributed by atoms with Gasteiger partial charge in [0.05, 0.1) is 6.33 Å². The first-order valence-corrected chi connectivity index (χ1v) is 8.21. The molecule has 0 unspecified atom stereocenters. The number of fused-ring (bicyclic) bond motifs is 2. The molecule has 3 aromatic heterocycles. The van der Waals surface area contributed by atoms with E-state index in [1.54, 1.807) is 18.5 Å². The topological polar surface area (TPSA) is 104 Å². The van der Waals surface area contributed by atoms with Gasteiger partial charge in [-0.15, -0.1) is 0 Å². The Morgan fingerprint density at radius 3 is 2.78 bits per heavy atom. The van der Waals surface area contributed by atoms with Crippen molar-refractivity contribution in [3.05, 3.63) is 63.8 Å². The van der Waals surface area contributed by atoms with E-state index >= 15 is 0 Å². The van der Waals surface area contributed by atoms with Crippen molar-refractivity contribution in [3.63, 3.8) is 0 Å². The highest BCUT2D eigenvalue weighted by Gasteiger charge is 2.16. The fraction of sp³-hybridized carbons (Fsp3) is 0.167. The van der Waals surface area contributed by atoms with Crippen LogP contribution in [0.1, 0.15) is 0 Å². The van der Waals surface area contributed by atoms with Gasteiger partial charge in [-0.2, -0.15) is 0 Å². The Bertz CT molecular complexity index is 1310. The first kappa shape index (κ1) is 16.7. The Hall–Kier alpha value is -3.75. The van der Waals surface area contributed by atoms with Crippen molar-refractivity contribution in [2.45, 2.75) is 6.54 Å². The maximum absolute atomic E-state index is 12.6. The molecule has 3 heterocycles. The smallest absolute Gasteiger partial charge is 0.324 e. The number of aromatic nitrogens is 5. The van der Waals surface area contributed by atoms with Crippen LogP contribution in [0.4, 0.5) is 5.69 Å². The number of amides is 1. The summed E-state index contributed by atoms with van der Waals surface area (Å²) in [6, 6.07) is 7.36. The number of aryl methyl sites for hydroxylation is 1. The van der Waals surface area contributed by atoms with E-state index in [2.05, 4.69) is 15.3 Å². The zero-order valence-corrected chi connectivity index (χ0v) is 14.7. The lowest BCUT2D eigenvalue weighted by molar-refractivity contribution is -0.116. The van der Waals surface area contributed by atoms with Crippen molar-refractivity contribution in [3.8, 4) is 0 Å². The van der Waals surface area contributed by atoms with Gasteiger partial charge < -0.3 is 9.88 Å². The minimum Gasteiger partial charge on any atom is -0.324 e. The molecule has 4 aromatic rings. The van der Waals surface area contributed by atoms with E-state index in [0.29, 0.717) is 5.69 Å². The molecule has 27 heavy (non-hydrogen) atoms. The third kappa shape index (κ3) is 2.69. The fourth-order valence-corrected chi connectivity index (χ4v) is 3.09. The molecule has 1 amide bonds. The largest absolute Gasteiger partial charge is 0.332 e. The molecule has 4 rings (SSSR count). The van der Waals surface area contributed by atoms with Crippen LogP contribution < -0.4 is 16.6 Å². The molecule has 0 aliphatic rings. The zero-order valence-electron chi connectivity index (χ0n) is 14.7. The van der Waals surface area contributed by atoms with E-state index in [0.717, 1.165) is 15.3 Å². The van der Waals surface area contributed by atoms with Gasteiger partial charge in [0.25, 0.3) is 5.56 Å². The van der Waals surface area contributed by atoms with Crippen molar-refractivity contribution in [2.24, 2.45) is 14.1 Å². The number of rotatable bonds is 3. The Kier molecular flexibility index (Phi) is 3.84. The molecular weight excluding hydrogens is 348 g/mol. The first-order valence-electron chi connectivity index (χ1n) is 8.21. The predicted molar refractivity (Wildman–Crippen MR) is 101 cm³/mol. The van der Waals surface area contributed by atoms with Crippen LogP contribution in [0.15, 0.2) is 52.6 Å². The maximum Gasteiger partial charge on any atom is 0.332 e. The summed E-state index contributed by atoms with van der Waals surface area (Å²) < 4.78 is 3.72. The molecule has 0 saturated heterocycles. The van der Waals surface area contributed by atoms with Gasteiger partial charge in [-0.25, -0.2) is 9.78 Å². The molecule has 0 radical (unpaired) electrons. The average molecular weight is 364 g/mol. The SMILES string of the molecule is Cn1c(=O)c2c(ncn2CC(=O)Nc2cccc3cnccc23)n(C)c1=O. The van der Waals surface area contributed by atoms with Crippen LogP contribution in [0, 0.1) is 0 Å². The molecule has 1 aromatic carbocycles. The van der Waals surface area contributed by atoms with Crippen LogP contribution in [-0.2, 0) is 25.4 Å². The Morgan fingerprint density at radius 1 is 1.15 bits per heavy atom. The number of hydrogen-bond acceptors (Lipinski definition) is 5. The highest BCUT2D eigenvalue weighted by Crippen LogP contribution is 2.22. The number of carbonyl (C=O) groups excluding carboxylic acids is 1. The van der Waals surface area contributed by atoms with Gasteiger partial charge in [0.15, 0.2) is 11.2 Å². The normalized spacial score (nSPS) is 11.2. The first-order chi connectivity index (χ1) is 13.0. The lowest BCUT2D eigenvalue weighted by Gasteiger charge is -2.10. The van der Waals surface area contributed by atoms with Gasteiger partial charge in [-0.3, -0.25) is 23.7 Å². The quantitative estimate of drug-likeness (QED) is 0.574. The summed E-state index contributed by atoms with van der Waals surface area (Å²) >= 11 is 0. The molecule has 136 valence electrons. The second-order valence-corrected chi connectivity index (χ2v) is 6.20. The van der Waals surface area contributed by atoms with Crippen LogP contribution in [0.2, 0.25) is 0 Å². The Morgan fingerprint density at radius 2 is 1.96 bits per heavy atom. The summed E-state index contributed by atoms with van der Waals surface area (Å²) in [5.74, 6) is -0.311. The predicted octanol–water partition coefficient (Wildman–Crippen LogP) is 0.621. The molecule has 0 aliphatic carbocycles. The van der Waals surface area contributed by atoms with Crippen molar-refractivity contribution in [2.75, 3.05) is 5.32 Å². The van der Waals surface area contributed by atoms with E-state index in [4.69, 9.17) is 0 Å². The number of nitrogens with one attached hydrogen (secondary N) is 1. The number of carbonyl (C=O) groups is 1. The highest BCUT2D eigenvalue weighted by atomic mass is 16.2. The molecule has 0 bridgehead atoms. The van der Waals surface area contributed by atoms with Crippen molar-refractivity contribution in [1.82, 2.24) is 23.7 Å². The van der Waals surface area contributed by atoms with Gasteiger partial charge in [0.1, 0.15) is 6.54 Å². The van der Waals surface area contributed by atoms with E-state index in [1.807, 2.05) is 18.2 Å². The number of hydrogen-bond donors (Lipinski definition) is 1. The summed E-state index contributed by atoms with van der Waals surface area (Å²) in [5.41, 5.74) is 0.148. The lowest BCUT2D eigenvalue weighted by Crippen LogP contribution is -2.37. The Labute approximate surface area is 152 Å². The van der Waals surface area contributed by atoms with Crippen LogP contribution in [-0.4, -0.2) is 29.6 Å². The number of imidazole rings is 1. The third-order valence-electron chi connectivity index (χ3n) is 4.49. The van der Waals surface area contributed by atoms with Gasteiger partial charge in [0.2, 0.25) is 5.91 Å². The molecule has 0 saturated carbocycles. The summed E-state index contributed by atoms with van der Waals surface area (Å²) in [5, 5.41) is 4.63. The van der Waals surface area contributed by atoms with Crippen molar-refractivity contribution < 1.29 is 4.79 Å². The van der Waals surface area contributed by atoms with Crippen LogP contribution in [0.5, 0.6) is 0 Å². The van der Waals surface area contributed by atoms with Crippen LogP contribution in [0.25, 0.3) is 21.9 Å². The number of pyridine rings is 1. The van der Waals surface area contributed by atoms with Gasteiger partial charge in [0, 0.05) is 42.9 Å². The van der Waals surface area contributed by atoms with Crippen molar-refractivity contribution >= 4 is 33.5 Å². The molecule has 9 heteroatoms. The molecule has 0 spiro atoms. The molecule has 0 aliphatic heterocycles. The number of nitrogens with zero attached hydrogens (tertiary/aromatic N) is 5. The van der Waals surface area contributed by atoms with E-state index in [1.165, 1.54) is 29.6 Å². The van der Waals surface area contributed by atoms with Crippen LogP contribution >= 0.6 is 0 Å². The summed E-state index contributed by atoms with van der Waals surface area (Å²) in [7, 11) is 2.93. The molecule has 1 N–H and O–H groups in total. The monoisotopic (exact) mass is 364 g/mol. The minimum absolute atomic E-state index is 0.106. The average Bonchev–Trinajstić information content (AvgIpc) is 3.08. The van der Waals surface area contributed by atoms with E-state index in [-0.39, 0.29) is 23.6 Å². The second-order valence-electron chi connectivity index (χ2n) is 6.20. The summed E-state index contributed by atoms with van der Waals surface area (Å²) in [6.07, 6.45) is 4.77. The molecule has 9 nitrogen and oxygen atoms in total. The molecule has 0 atom stereocenters. The number of anilines is 1. The van der Waals surface area contributed by atoms with Gasteiger partial charge in [-0.1, -0.05) is 12.1 Å². The summed E-state index contributed by atoms with van der Waals surface area (Å²) in [4.78, 5) is 45.2. The van der Waals surface area contributed by atoms with E-state index in [9.17, 15) is 14.4 Å². The summed E-state index contributed by atoms with van der Waals surface area (Å²) in [6.45, 7) is -0.106. The second kappa shape index (κ2) is 6.20. The molecule has 0 fully saturated rings. The molecular formula is C18H16N6O3. The minimum atomic E-state index is -0.491. The lowest BCUT2D eigenvalue weighted by atomic mass is 10.1. The zero-order chi connectivity index (χ0) is 19.1. The van der Waals surface area contributed by atoms with Crippen LogP contribution in [0.3, 0.4) is 0 Å². The third-order valence-corrected chi connectivity index (χ3v) is 4.49. The van der Waals surface area contributed by atoms with Gasteiger partial charge in [-0.05, 0) is 12.1 Å². The number of benzene rings is 1. The fourth-order valence-electron chi connectivity index (χ4n) is 3.09.